The Morgan fingerprint density at radius 2 is 2.11 bits per heavy atom. The third kappa shape index (κ3) is 4.23. The van der Waals surface area contributed by atoms with E-state index in [0.717, 1.165) is 17.7 Å². The predicted molar refractivity (Wildman–Crippen MR) is 72.1 cm³/mol. The average molecular weight is 272 g/mol. The van der Waals surface area contributed by atoms with Crippen molar-refractivity contribution in [3.8, 4) is 0 Å². The Morgan fingerprint density at radius 1 is 1.44 bits per heavy atom. The Hall–Kier alpha value is -1.21. The van der Waals surface area contributed by atoms with Gasteiger partial charge in [-0.1, -0.05) is 6.92 Å². The van der Waals surface area contributed by atoms with Gasteiger partial charge in [0.15, 0.2) is 0 Å². The second-order valence-corrected chi connectivity index (χ2v) is 6.28. The molecule has 102 valence electrons. The lowest BCUT2D eigenvalue weighted by Crippen LogP contribution is -2.30. The molecule has 1 rings (SSSR count). The molecule has 0 saturated heterocycles. The first-order valence-electron chi connectivity index (χ1n) is 5.82. The van der Waals surface area contributed by atoms with Gasteiger partial charge in [-0.25, -0.2) is 22.7 Å². The van der Waals surface area contributed by atoms with Crippen molar-refractivity contribution in [3.05, 3.63) is 17.5 Å². The minimum absolute atomic E-state index is 0.386. The monoisotopic (exact) mass is 272 g/mol. The fourth-order valence-electron chi connectivity index (χ4n) is 1.41. The van der Waals surface area contributed by atoms with Crippen molar-refractivity contribution in [2.75, 3.05) is 31.7 Å². The van der Waals surface area contributed by atoms with Crippen LogP contribution in [0.5, 0.6) is 0 Å². The van der Waals surface area contributed by atoms with E-state index in [1.165, 1.54) is 10.6 Å². The summed E-state index contributed by atoms with van der Waals surface area (Å²) in [6.07, 6.45) is 3.81. The Bertz CT molecular complexity index is 502. The van der Waals surface area contributed by atoms with E-state index >= 15 is 0 Å². The zero-order valence-corrected chi connectivity index (χ0v) is 12.1. The quantitative estimate of drug-likeness (QED) is 0.823. The fourth-order valence-corrected chi connectivity index (χ4v) is 1.83. The van der Waals surface area contributed by atoms with Crippen molar-refractivity contribution in [2.24, 2.45) is 0 Å². The highest BCUT2D eigenvalue weighted by Crippen LogP contribution is 2.07. The first-order valence-corrected chi connectivity index (χ1v) is 7.67. The van der Waals surface area contributed by atoms with Crippen molar-refractivity contribution in [1.82, 2.24) is 14.3 Å². The van der Waals surface area contributed by atoms with Gasteiger partial charge in [-0.3, -0.25) is 0 Å². The molecule has 0 aliphatic carbocycles. The molecule has 0 amide bonds. The minimum Gasteiger partial charge on any atom is -0.353 e. The molecule has 0 radical (unpaired) electrons. The second-order valence-electron chi connectivity index (χ2n) is 4.19. The number of likely N-dealkylation sites (N-methyl/N-ethyl adjacent to an activating group) is 1. The number of nitrogens with zero attached hydrogens (tertiary/aromatic N) is 3. The van der Waals surface area contributed by atoms with Crippen LogP contribution in [0.3, 0.4) is 0 Å². The number of aryl methyl sites for hydroxylation is 2. The lowest BCUT2D eigenvalue weighted by molar-refractivity contribution is 0.486. The second kappa shape index (κ2) is 6.10. The molecule has 1 aromatic rings. The summed E-state index contributed by atoms with van der Waals surface area (Å²) < 4.78 is 23.7. The molecular weight excluding hydrogens is 252 g/mol. The van der Waals surface area contributed by atoms with Crippen LogP contribution in [-0.4, -0.2) is 49.1 Å². The van der Waals surface area contributed by atoms with Gasteiger partial charge in [0.1, 0.15) is 0 Å². The number of aromatic nitrogens is 2. The average Bonchev–Trinajstić information content (AvgIpc) is 2.30. The lowest BCUT2D eigenvalue weighted by Gasteiger charge is -2.14. The highest BCUT2D eigenvalue weighted by molar-refractivity contribution is 7.88. The van der Waals surface area contributed by atoms with Gasteiger partial charge >= 0.3 is 0 Å². The zero-order chi connectivity index (χ0) is 13.8. The van der Waals surface area contributed by atoms with Crippen LogP contribution in [0.25, 0.3) is 0 Å². The van der Waals surface area contributed by atoms with Crippen LogP contribution < -0.4 is 5.32 Å². The summed E-state index contributed by atoms with van der Waals surface area (Å²) >= 11 is 0. The summed E-state index contributed by atoms with van der Waals surface area (Å²) in [6, 6.07) is 0. The van der Waals surface area contributed by atoms with Gasteiger partial charge in [-0.15, -0.1) is 0 Å². The fraction of sp³-hybridized carbons (Fsp3) is 0.636. The van der Waals surface area contributed by atoms with E-state index in [9.17, 15) is 8.42 Å². The van der Waals surface area contributed by atoms with Gasteiger partial charge in [0.05, 0.1) is 6.26 Å². The van der Waals surface area contributed by atoms with E-state index in [4.69, 9.17) is 0 Å². The van der Waals surface area contributed by atoms with Gasteiger partial charge in [-0.05, 0) is 18.9 Å². The molecule has 0 bridgehead atoms. The molecule has 0 aliphatic heterocycles. The Balaban J connectivity index is 2.54. The van der Waals surface area contributed by atoms with Crippen molar-refractivity contribution in [3.63, 3.8) is 0 Å². The van der Waals surface area contributed by atoms with E-state index in [-0.39, 0.29) is 0 Å². The van der Waals surface area contributed by atoms with E-state index in [1.54, 1.807) is 13.2 Å². The van der Waals surface area contributed by atoms with Crippen molar-refractivity contribution >= 4 is 16.0 Å². The van der Waals surface area contributed by atoms with Gasteiger partial charge in [0.2, 0.25) is 16.0 Å². The summed E-state index contributed by atoms with van der Waals surface area (Å²) in [5.41, 5.74) is 2.07. The molecule has 0 aliphatic rings. The summed E-state index contributed by atoms with van der Waals surface area (Å²) in [5, 5.41) is 3.02. The maximum Gasteiger partial charge on any atom is 0.222 e. The van der Waals surface area contributed by atoms with Crippen LogP contribution in [0.2, 0.25) is 0 Å². The Kier molecular flexibility index (Phi) is 5.03. The normalized spacial score (nSPS) is 11.8. The summed E-state index contributed by atoms with van der Waals surface area (Å²) in [6.45, 7) is 4.88. The van der Waals surface area contributed by atoms with Gasteiger partial charge in [-0.2, -0.15) is 0 Å². The molecule has 0 unspecified atom stereocenters. The van der Waals surface area contributed by atoms with Crippen LogP contribution >= 0.6 is 0 Å². The van der Waals surface area contributed by atoms with Gasteiger partial charge < -0.3 is 5.32 Å². The van der Waals surface area contributed by atoms with Crippen molar-refractivity contribution in [1.29, 1.82) is 0 Å². The number of anilines is 1. The first kappa shape index (κ1) is 14.8. The van der Waals surface area contributed by atoms with Crippen molar-refractivity contribution < 1.29 is 8.42 Å². The van der Waals surface area contributed by atoms with E-state index in [1.807, 2.05) is 13.8 Å². The summed E-state index contributed by atoms with van der Waals surface area (Å²) in [5.74, 6) is 0.541. The first-order chi connectivity index (χ1) is 8.34. The lowest BCUT2D eigenvalue weighted by atomic mass is 10.2. The molecule has 0 spiro atoms. The molecule has 1 aromatic heterocycles. The van der Waals surface area contributed by atoms with E-state index in [0.29, 0.717) is 19.0 Å². The number of rotatable bonds is 6. The molecule has 0 aromatic carbocycles. The van der Waals surface area contributed by atoms with E-state index < -0.39 is 10.0 Å². The molecule has 6 nitrogen and oxygen atoms in total. The third-order valence-electron chi connectivity index (χ3n) is 2.69. The molecule has 0 fully saturated rings. The smallest absolute Gasteiger partial charge is 0.222 e. The maximum absolute atomic E-state index is 11.2. The van der Waals surface area contributed by atoms with Gasteiger partial charge in [0.25, 0.3) is 0 Å². The molecule has 7 heteroatoms. The minimum atomic E-state index is -3.12. The molecule has 1 N–H and O–H groups in total. The molecule has 0 saturated carbocycles. The number of hydrogen-bond acceptors (Lipinski definition) is 5. The van der Waals surface area contributed by atoms with Crippen LogP contribution in [0.1, 0.15) is 18.2 Å². The highest BCUT2D eigenvalue weighted by Gasteiger charge is 2.10. The Labute approximate surface area is 108 Å². The predicted octanol–water partition coefficient (Wildman–Crippen LogP) is 0.651. The molecule has 0 atom stereocenters. The summed E-state index contributed by atoms with van der Waals surface area (Å²) in [7, 11) is -1.58. The van der Waals surface area contributed by atoms with Gasteiger partial charge in [0, 0.05) is 32.0 Å². The number of hydrogen-bond donors (Lipinski definition) is 1. The van der Waals surface area contributed by atoms with Crippen LogP contribution in [0, 0.1) is 6.92 Å². The SMILES string of the molecule is CCc1nc(NCCN(C)S(C)(=O)=O)ncc1C. The largest absolute Gasteiger partial charge is 0.353 e. The zero-order valence-electron chi connectivity index (χ0n) is 11.3. The van der Waals surface area contributed by atoms with Crippen molar-refractivity contribution in [2.45, 2.75) is 20.3 Å². The molecule has 1 heterocycles. The van der Waals surface area contributed by atoms with E-state index in [2.05, 4.69) is 15.3 Å². The Morgan fingerprint density at radius 3 is 2.67 bits per heavy atom. The third-order valence-corrected chi connectivity index (χ3v) is 4.00. The maximum atomic E-state index is 11.2. The number of sulfonamides is 1. The topological polar surface area (TPSA) is 75.2 Å². The van der Waals surface area contributed by atoms with Crippen LogP contribution in [0.4, 0.5) is 5.95 Å². The standard InChI is InChI=1S/C11H20N4O2S/c1-5-10-9(2)8-13-11(14-10)12-6-7-15(3)18(4,16)17/h8H,5-7H2,1-4H3,(H,12,13,14). The number of nitrogens with one attached hydrogen (secondary N) is 1. The van der Waals surface area contributed by atoms with Crippen LogP contribution in [0.15, 0.2) is 6.20 Å². The molecule has 18 heavy (non-hydrogen) atoms. The molecular formula is C11H20N4O2S. The van der Waals surface area contributed by atoms with Crippen LogP contribution in [-0.2, 0) is 16.4 Å². The highest BCUT2D eigenvalue weighted by atomic mass is 32.2. The summed E-state index contributed by atoms with van der Waals surface area (Å²) in [4.78, 5) is 8.52.